The third-order valence-corrected chi connectivity index (χ3v) is 2.49. The molecule has 0 saturated carbocycles. The highest BCUT2D eigenvalue weighted by Gasteiger charge is 2.05. The van der Waals surface area contributed by atoms with Crippen molar-refractivity contribution in [1.82, 2.24) is 4.57 Å². The molecular formula is C13H18N2O2. The average Bonchev–Trinajstić information content (AvgIpc) is 2.27. The van der Waals surface area contributed by atoms with E-state index in [1.165, 1.54) is 0 Å². The molecule has 0 fully saturated rings. The number of ether oxygens (including phenoxy) is 1. The van der Waals surface area contributed by atoms with Gasteiger partial charge < -0.3 is 9.30 Å². The first-order valence-corrected chi connectivity index (χ1v) is 5.78. The average molecular weight is 234 g/mol. The van der Waals surface area contributed by atoms with Gasteiger partial charge >= 0.3 is 0 Å². The van der Waals surface area contributed by atoms with Gasteiger partial charge in [0.1, 0.15) is 11.6 Å². The highest BCUT2D eigenvalue weighted by atomic mass is 16.5. The monoisotopic (exact) mass is 234 g/mol. The van der Waals surface area contributed by atoms with Gasteiger partial charge in [0.25, 0.3) is 5.56 Å². The molecule has 0 saturated heterocycles. The molecule has 4 heteroatoms. The Hall–Kier alpha value is -1.60. The van der Waals surface area contributed by atoms with Gasteiger partial charge in [0, 0.05) is 18.8 Å². The number of pyridine rings is 1. The predicted molar refractivity (Wildman–Crippen MR) is 65.9 cm³/mol. The highest BCUT2D eigenvalue weighted by molar-refractivity contribution is 5.27. The van der Waals surface area contributed by atoms with E-state index in [1.54, 1.807) is 16.7 Å². The van der Waals surface area contributed by atoms with Crippen LogP contribution in [0.3, 0.4) is 0 Å². The molecule has 0 aliphatic carbocycles. The van der Waals surface area contributed by atoms with Crippen LogP contribution in [0.15, 0.2) is 16.9 Å². The van der Waals surface area contributed by atoms with Gasteiger partial charge in [0.05, 0.1) is 6.10 Å². The van der Waals surface area contributed by atoms with Crippen LogP contribution in [0.1, 0.15) is 31.5 Å². The van der Waals surface area contributed by atoms with E-state index in [0.717, 1.165) is 12.1 Å². The standard InChI is InChI=1S/C13H18N2O2/c1-10(2)17-8-4-7-15-11(3)5-6-12(9-14)13(15)16/h5-6,10H,4,7-8H2,1-3H3. The minimum atomic E-state index is -0.211. The number of rotatable bonds is 5. The van der Waals surface area contributed by atoms with Gasteiger partial charge in [0.2, 0.25) is 0 Å². The molecule has 0 radical (unpaired) electrons. The van der Waals surface area contributed by atoms with E-state index >= 15 is 0 Å². The lowest BCUT2D eigenvalue weighted by atomic mass is 10.2. The molecule has 0 bridgehead atoms. The molecule has 0 aliphatic rings. The molecule has 0 spiro atoms. The predicted octanol–water partition coefficient (Wildman–Crippen LogP) is 1.84. The van der Waals surface area contributed by atoms with Crippen LogP contribution in [0.25, 0.3) is 0 Å². The Labute approximate surface area is 101 Å². The van der Waals surface area contributed by atoms with Gasteiger partial charge in [0.15, 0.2) is 0 Å². The molecule has 4 nitrogen and oxygen atoms in total. The van der Waals surface area contributed by atoms with E-state index in [1.807, 2.05) is 26.8 Å². The number of aromatic nitrogens is 1. The SMILES string of the molecule is Cc1ccc(C#N)c(=O)n1CCCOC(C)C. The topological polar surface area (TPSA) is 55.0 Å². The van der Waals surface area contributed by atoms with Crippen LogP contribution in [0.4, 0.5) is 0 Å². The summed E-state index contributed by atoms with van der Waals surface area (Å²) in [6.45, 7) is 7.04. The second-order valence-corrected chi connectivity index (χ2v) is 4.23. The lowest BCUT2D eigenvalue weighted by Gasteiger charge is -2.11. The van der Waals surface area contributed by atoms with Crippen molar-refractivity contribution in [3.8, 4) is 6.07 Å². The Kier molecular flexibility index (Phi) is 4.92. The number of aryl methyl sites for hydroxylation is 1. The van der Waals surface area contributed by atoms with Gasteiger partial charge in [-0.1, -0.05) is 0 Å². The maximum absolute atomic E-state index is 11.8. The third-order valence-electron chi connectivity index (χ3n) is 2.49. The molecule has 0 atom stereocenters. The van der Waals surface area contributed by atoms with Crippen molar-refractivity contribution in [3.05, 3.63) is 33.7 Å². The Balaban J connectivity index is 2.71. The van der Waals surface area contributed by atoms with Crippen molar-refractivity contribution in [2.45, 2.75) is 39.8 Å². The minimum absolute atomic E-state index is 0.195. The Morgan fingerprint density at radius 3 is 2.76 bits per heavy atom. The molecule has 17 heavy (non-hydrogen) atoms. The van der Waals surface area contributed by atoms with E-state index in [9.17, 15) is 4.79 Å². The zero-order chi connectivity index (χ0) is 12.8. The molecule has 1 heterocycles. The van der Waals surface area contributed by atoms with Crippen molar-refractivity contribution >= 4 is 0 Å². The van der Waals surface area contributed by atoms with Gasteiger partial charge in [-0.3, -0.25) is 4.79 Å². The summed E-state index contributed by atoms with van der Waals surface area (Å²) in [6, 6.07) is 5.27. The Morgan fingerprint density at radius 1 is 1.47 bits per heavy atom. The molecule has 0 unspecified atom stereocenters. The van der Waals surface area contributed by atoms with E-state index in [-0.39, 0.29) is 17.2 Å². The van der Waals surface area contributed by atoms with E-state index < -0.39 is 0 Å². The Morgan fingerprint density at radius 2 is 2.18 bits per heavy atom. The molecule has 1 aromatic rings. The van der Waals surface area contributed by atoms with Crippen molar-refractivity contribution in [3.63, 3.8) is 0 Å². The first kappa shape index (κ1) is 13.5. The summed E-state index contributed by atoms with van der Waals surface area (Å²) in [5, 5.41) is 8.79. The lowest BCUT2D eigenvalue weighted by molar-refractivity contribution is 0.0746. The normalized spacial score (nSPS) is 10.5. The molecule has 0 amide bonds. The molecule has 0 aliphatic heterocycles. The van der Waals surface area contributed by atoms with Crippen LogP contribution in [0.2, 0.25) is 0 Å². The fourth-order valence-electron chi connectivity index (χ4n) is 1.58. The van der Waals surface area contributed by atoms with Crippen molar-refractivity contribution in [1.29, 1.82) is 5.26 Å². The second-order valence-electron chi connectivity index (χ2n) is 4.23. The van der Waals surface area contributed by atoms with Gasteiger partial charge in [-0.15, -0.1) is 0 Å². The first-order valence-electron chi connectivity index (χ1n) is 5.78. The summed E-state index contributed by atoms with van der Waals surface area (Å²) in [4.78, 5) is 11.8. The summed E-state index contributed by atoms with van der Waals surface area (Å²) in [5.74, 6) is 0. The zero-order valence-electron chi connectivity index (χ0n) is 10.6. The number of nitriles is 1. The Bertz CT molecular complexity index is 469. The zero-order valence-corrected chi connectivity index (χ0v) is 10.6. The van der Waals surface area contributed by atoms with Crippen LogP contribution in [0.5, 0.6) is 0 Å². The van der Waals surface area contributed by atoms with E-state index in [4.69, 9.17) is 10.00 Å². The molecule has 1 rings (SSSR count). The lowest BCUT2D eigenvalue weighted by Crippen LogP contribution is -2.25. The molecule has 1 aromatic heterocycles. The molecule has 0 N–H and O–H groups in total. The highest BCUT2D eigenvalue weighted by Crippen LogP contribution is 2.00. The van der Waals surface area contributed by atoms with Crippen LogP contribution in [-0.4, -0.2) is 17.3 Å². The summed E-state index contributed by atoms with van der Waals surface area (Å²) in [7, 11) is 0. The van der Waals surface area contributed by atoms with Crippen LogP contribution in [0, 0.1) is 18.3 Å². The van der Waals surface area contributed by atoms with E-state index in [2.05, 4.69) is 0 Å². The smallest absolute Gasteiger partial charge is 0.268 e. The second kappa shape index (κ2) is 6.21. The first-order chi connectivity index (χ1) is 8.06. The number of nitrogens with zero attached hydrogens (tertiary/aromatic N) is 2. The fourth-order valence-corrected chi connectivity index (χ4v) is 1.58. The quantitative estimate of drug-likeness (QED) is 0.730. The van der Waals surface area contributed by atoms with Gasteiger partial charge in [-0.05, 0) is 39.3 Å². The maximum Gasteiger partial charge on any atom is 0.268 e. The fraction of sp³-hybridized carbons (Fsp3) is 0.538. The van der Waals surface area contributed by atoms with Gasteiger partial charge in [-0.2, -0.15) is 5.26 Å². The summed E-state index contributed by atoms with van der Waals surface area (Å²) >= 11 is 0. The van der Waals surface area contributed by atoms with Crippen molar-refractivity contribution < 1.29 is 4.74 Å². The van der Waals surface area contributed by atoms with Crippen LogP contribution < -0.4 is 5.56 Å². The summed E-state index contributed by atoms with van der Waals surface area (Å²) in [5.41, 5.74) is 0.857. The minimum Gasteiger partial charge on any atom is -0.379 e. The van der Waals surface area contributed by atoms with Gasteiger partial charge in [-0.25, -0.2) is 0 Å². The largest absolute Gasteiger partial charge is 0.379 e. The molecule has 92 valence electrons. The number of hydrogen-bond donors (Lipinski definition) is 0. The maximum atomic E-state index is 11.8. The summed E-state index contributed by atoms with van der Waals surface area (Å²) in [6.07, 6.45) is 0.978. The third kappa shape index (κ3) is 3.72. The molecule has 0 aromatic carbocycles. The van der Waals surface area contributed by atoms with E-state index in [0.29, 0.717) is 13.2 Å². The summed E-state index contributed by atoms with van der Waals surface area (Å²) < 4.78 is 7.05. The van der Waals surface area contributed by atoms with Crippen LogP contribution in [-0.2, 0) is 11.3 Å². The molecular weight excluding hydrogens is 216 g/mol. The van der Waals surface area contributed by atoms with Crippen LogP contribution >= 0.6 is 0 Å². The van der Waals surface area contributed by atoms with Crippen molar-refractivity contribution in [2.75, 3.05) is 6.61 Å². The van der Waals surface area contributed by atoms with Crippen molar-refractivity contribution in [2.24, 2.45) is 0 Å². The number of hydrogen-bond acceptors (Lipinski definition) is 3.